The summed E-state index contributed by atoms with van der Waals surface area (Å²) < 4.78 is 30.9. The summed E-state index contributed by atoms with van der Waals surface area (Å²) in [7, 11) is 0. The molecule has 3 N–H and O–H groups in total. The molecule has 18 heavy (non-hydrogen) atoms. The van der Waals surface area contributed by atoms with Gasteiger partial charge in [0.25, 0.3) is 11.8 Å². The molecule has 0 radical (unpaired) electrons. The molecule has 1 amide bonds. The Bertz CT molecular complexity index is 411. The number of nitrogens with two attached hydrogens (primary N) is 1. The van der Waals surface area contributed by atoms with Gasteiger partial charge in [-0.05, 0) is 25.1 Å². The maximum atomic E-state index is 12.9. The summed E-state index contributed by atoms with van der Waals surface area (Å²) >= 11 is 0. The zero-order chi connectivity index (χ0) is 13.6. The number of benzene rings is 1. The number of rotatable bonds is 6. The van der Waals surface area contributed by atoms with Crippen molar-refractivity contribution in [3.8, 4) is 5.75 Å². The first kappa shape index (κ1) is 14.4. The molecule has 0 unspecified atom stereocenters. The highest BCUT2D eigenvalue weighted by atomic mass is 19.3. The van der Waals surface area contributed by atoms with Gasteiger partial charge in [0.05, 0.1) is 19.7 Å². The van der Waals surface area contributed by atoms with Crippen molar-refractivity contribution in [3.63, 3.8) is 0 Å². The fraction of sp³-hybridized carbons (Fsp3) is 0.417. The van der Waals surface area contributed by atoms with E-state index in [4.69, 9.17) is 10.5 Å². The molecule has 100 valence electrons. The van der Waals surface area contributed by atoms with Gasteiger partial charge in [0.1, 0.15) is 5.75 Å². The molecule has 0 saturated heterocycles. The van der Waals surface area contributed by atoms with Gasteiger partial charge in [-0.15, -0.1) is 0 Å². The van der Waals surface area contributed by atoms with Crippen LogP contribution in [-0.4, -0.2) is 31.5 Å². The van der Waals surface area contributed by atoms with Gasteiger partial charge >= 0.3 is 0 Å². The van der Waals surface area contributed by atoms with E-state index in [-0.39, 0.29) is 5.56 Å². The Morgan fingerprint density at radius 3 is 2.83 bits per heavy atom. The van der Waals surface area contributed by atoms with Crippen LogP contribution < -0.4 is 15.8 Å². The van der Waals surface area contributed by atoms with E-state index in [2.05, 4.69) is 5.32 Å². The van der Waals surface area contributed by atoms with Gasteiger partial charge in [0.15, 0.2) is 0 Å². The SMILES string of the molecule is CCOc1cccc(C(=O)NCC(F)(F)CN)c1. The van der Waals surface area contributed by atoms with Crippen molar-refractivity contribution < 1.29 is 18.3 Å². The second kappa shape index (κ2) is 6.30. The molecule has 0 saturated carbocycles. The van der Waals surface area contributed by atoms with E-state index in [0.29, 0.717) is 12.4 Å². The number of carbonyl (C=O) groups excluding carboxylic acids is 1. The molecule has 4 nitrogen and oxygen atoms in total. The second-order valence-corrected chi connectivity index (χ2v) is 3.70. The van der Waals surface area contributed by atoms with E-state index in [9.17, 15) is 13.6 Å². The monoisotopic (exact) mass is 258 g/mol. The maximum Gasteiger partial charge on any atom is 0.277 e. The van der Waals surface area contributed by atoms with E-state index < -0.39 is 24.9 Å². The Kier molecular flexibility index (Phi) is 5.03. The van der Waals surface area contributed by atoms with Crippen molar-refractivity contribution in [1.29, 1.82) is 0 Å². The van der Waals surface area contributed by atoms with Crippen molar-refractivity contribution >= 4 is 5.91 Å². The maximum absolute atomic E-state index is 12.9. The fourth-order valence-corrected chi connectivity index (χ4v) is 1.28. The lowest BCUT2D eigenvalue weighted by Gasteiger charge is -2.14. The summed E-state index contributed by atoms with van der Waals surface area (Å²) in [6, 6.07) is 6.34. The highest BCUT2D eigenvalue weighted by Gasteiger charge is 2.27. The molecule has 0 aliphatic heterocycles. The van der Waals surface area contributed by atoms with Crippen LogP contribution in [0, 0.1) is 0 Å². The topological polar surface area (TPSA) is 64.3 Å². The molecule has 0 bridgehead atoms. The fourth-order valence-electron chi connectivity index (χ4n) is 1.28. The largest absolute Gasteiger partial charge is 0.494 e. The van der Waals surface area contributed by atoms with Crippen LogP contribution in [0.4, 0.5) is 8.78 Å². The van der Waals surface area contributed by atoms with Gasteiger partial charge in [0, 0.05) is 5.56 Å². The van der Waals surface area contributed by atoms with Crippen LogP contribution in [0.25, 0.3) is 0 Å². The molecule has 1 aromatic rings. The number of nitrogens with one attached hydrogen (secondary N) is 1. The smallest absolute Gasteiger partial charge is 0.277 e. The summed E-state index contributed by atoms with van der Waals surface area (Å²) in [6.07, 6.45) is 0. The third kappa shape index (κ3) is 4.29. The predicted molar refractivity (Wildman–Crippen MR) is 63.9 cm³/mol. The van der Waals surface area contributed by atoms with Gasteiger partial charge in [-0.2, -0.15) is 0 Å². The van der Waals surface area contributed by atoms with Crippen LogP contribution in [-0.2, 0) is 0 Å². The summed E-state index contributed by atoms with van der Waals surface area (Å²) in [6.45, 7) is 0.707. The molecule has 0 aromatic heterocycles. The zero-order valence-corrected chi connectivity index (χ0v) is 10.1. The Morgan fingerprint density at radius 1 is 1.50 bits per heavy atom. The minimum atomic E-state index is -3.09. The number of ether oxygens (including phenoxy) is 1. The van der Waals surface area contributed by atoms with Crippen LogP contribution in [0.15, 0.2) is 24.3 Å². The number of amides is 1. The molecule has 0 heterocycles. The molecule has 1 rings (SSSR count). The lowest BCUT2D eigenvalue weighted by Crippen LogP contribution is -2.41. The molecular formula is C12H16F2N2O2. The van der Waals surface area contributed by atoms with E-state index in [1.165, 1.54) is 12.1 Å². The number of alkyl halides is 2. The van der Waals surface area contributed by atoms with Crippen LogP contribution in [0.2, 0.25) is 0 Å². The lowest BCUT2D eigenvalue weighted by atomic mass is 10.2. The van der Waals surface area contributed by atoms with Crippen LogP contribution >= 0.6 is 0 Å². The Morgan fingerprint density at radius 2 is 2.22 bits per heavy atom. The first-order valence-corrected chi connectivity index (χ1v) is 5.57. The minimum Gasteiger partial charge on any atom is -0.494 e. The molecule has 0 atom stereocenters. The molecule has 0 aliphatic carbocycles. The van der Waals surface area contributed by atoms with Gasteiger partial charge in [-0.1, -0.05) is 6.07 Å². The number of hydrogen-bond acceptors (Lipinski definition) is 3. The van der Waals surface area contributed by atoms with Crippen molar-refractivity contribution in [3.05, 3.63) is 29.8 Å². The molecule has 0 spiro atoms. The number of halogens is 2. The molecule has 1 aromatic carbocycles. The normalized spacial score (nSPS) is 11.1. The third-order valence-corrected chi connectivity index (χ3v) is 2.21. The van der Waals surface area contributed by atoms with Crippen molar-refractivity contribution in [2.24, 2.45) is 5.73 Å². The Labute approximate surface area is 104 Å². The van der Waals surface area contributed by atoms with E-state index in [1.54, 1.807) is 12.1 Å². The standard InChI is InChI=1S/C12H16F2N2O2/c1-2-18-10-5-3-4-9(6-10)11(17)16-8-12(13,14)7-15/h3-6H,2,7-8,15H2,1H3,(H,16,17). The summed E-state index contributed by atoms with van der Waals surface area (Å²) in [5, 5.41) is 2.13. The highest BCUT2D eigenvalue weighted by molar-refractivity contribution is 5.94. The second-order valence-electron chi connectivity index (χ2n) is 3.70. The highest BCUT2D eigenvalue weighted by Crippen LogP contribution is 2.14. The van der Waals surface area contributed by atoms with E-state index in [1.807, 2.05) is 6.92 Å². The van der Waals surface area contributed by atoms with Crippen molar-refractivity contribution in [2.75, 3.05) is 19.7 Å². The Balaban J connectivity index is 2.64. The van der Waals surface area contributed by atoms with Gasteiger partial charge in [0.2, 0.25) is 0 Å². The van der Waals surface area contributed by atoms with E-state index in [0.717, 1.165) is 0 Å². The van der Waals surface area contributed by atoms with Crippen LogP contribution in [0.5, 0.6) is 5.75 Å². The van der Waals surface area contributed by atoms with Crippen molar-refractivity contribution in [1.82, 2.24) is 5.32 Å². The Hall–Kier alpha value is -1.69. The molecular weight excluding hydrogens is 242 g/mol. The van der Waals surface area contributed by atoms with Gasteiger partial charge in [-0.3, -0.25) is 4.79 Å². The summed E-state index contributed by atoms with van der Waals surface area (Å²) in [5.74, 6) is -3.15. The van der Waals surface area contributed by atoms with Crippen molar-refractivity contribution in [2.45, 2.75) is 12.8 Å². The lowest BCUT2D eigenvalue weighted by molar-refractivity contribution is 0.0118. The van der Waals surface area contributed by atoms with Crippen LogP contribution in [0.1, 0.15) is 17.3 Å². The summed E-state index contributed by atoms with van der Waals surface area (Å²) in [4.78, 5) is 11.6. The van der Waals surface area contributed by atoms with Gasteiger partial charge in [-0.25, -0.2) is 8.78 Å². The van der Waals surface area contributed by atoms with Crippen LogP contribution in [0.3, 0.4) is 0 Å². The average molecular weight is 258 g/mol. The van der Waals surface area contributed by atoms with Gasteiger partial charge < -0.3 is 15.8 Å². The van der Waals surface area contributed by atoms with E-state index >= 15 is 0 Å². The molecule has 0 aliphatic rings. The average Bonchev–Trinajstić information content (AvgIpc) is 2.37. The third-order valence-electron chi connectivity index (χ3n) is 2.21. The number of carbonyl (C=O) groups is 1. The summed E-state index contributed by atoms with van der Waals surface area (Å²) in [5.41, 5.74) is 5.15. The number of hydrogen-bond donors (Lipinski definition) is 2. The molecule has 6 heteroatoms. The first-order chi connectivity index (χ1) is 8.48. The quantitative estimate of drug-likeness (QED) is 0.810. The molecule has 0 fully saturated rings. The predicted octanol–water partition coefficient (Wildman–Crippen LogP) is 1.41. The zero-order valence-electron chi connectivity index (χ0n) is 10.1. The minimum absolute atomic E-state index is 0.272. The first-order valence-electron chi connectivity index (χ1n) is 5.57.